The van der Waals surface area contributed by atoms with E-state index in [-0.39, 0.29) is 4.90 Å². The minimum absolute atomic E-state index is 0.0868. The van der Waals surface area contributed by atoms with Gasteiger partial charge in [0.15, 0.2) is 9.84 Å². The number of nitrogens with two attached hydrogens (primary N) is 1. The number of carbonyl (C=O) groups excluding carboxylic acids is 1. The number of hydrogen-bond acceptors (Lipinski definition) is 4. The molecular formula is C18H21ClN2O3S. The molecule has 0 unspecified atom stereocenters. The van der Waals surface area contributed by atoms with Crippen LogP contribution in [0.1, 0.15) is 12.0 Å². The number of nitrogens with zero attached hydrogens (tertiary/aromatic N) is 1. The lowest BCUT2D eigenvalue weighted by molar-refractivity contribution is -0.129. The highest BCUT2D eigenvalue weighted by Gasteiger charge is 2.23. The molecule has 134 valence electrons. The van der Waals surface area contributed by atoms with Crippen LogP contribution in [0.15, 0.2) is 59.5 Å². The van der Waals surface area contributed by atoms with Crippen LogP contribution in [-0.2, 0) is 21.2 Å². The summed E-state index contributed by atoms with van der Waals surface area (Å²) in [6, 6.07) is 15.3. The molecule has 0 aliphatic heterocycles. The lowest BCUT2D eigenvalue weighted by Gasteiger charge is -2.22. The summed E-state index contributed by atoms with van der Waals surface area (Å²) in [5, 5.41) is 0.443. The molecule has 25 heavy (non-hydrogen) atoms. The monoisotopic (exact) mass is 380 g/mol. The summed E-state index contributed by atoms with van der Waals surface area (Å²) >= 11 is 5.78. The van der Waals surface area contributed by atoms with Gasteiger partial charge in [-0.2, -0.15) is 0 Å². The number of halogens is 1. The van der Waals surface area contributed by atoms with Crippen molar-refractivity contribution in [2.75, 3.05) is 18.8 Å². The first kappa shape index (κ1) is 19.4. The average Bonchev–Trinajstić information content (AvgIpc) is 2.59. The Kier molecular flexibility index (Phi) is 6.99. The van der Waals surface area contributed by atoms with Crippen LogP contribution >= 0.6 is 11.6 Å². The van der Waals surface area contributed by atoms with Gasteiger partial charge in [-0.25, -0.2) is 8.42 Å². The minimum Gasteiger partial charge on any atom is -0.337 e. The highest BCUT2D eigenvalue weighted by Crippen LogP contribution is 2.16. The largest absolute Gasteiger partial charge is 0.337 e. The van der Waals surface area contributed by atoms with Crippen molar-refractivity contribution in [1.29, 1.82) is 0 Å². The molecule has 0 atom stereocenters. The van der Waals surface area contributed by atoms with Gasteiger partial charge in [0.2, 0.25) is 5.91 Å². The van der Waals surface area contributed by atoms with Gasteiger partial charge in [0.05, 0.1) is 4.90 Å². The van der Waals surface area contributed by atoms with E-state index in [1.54, 1.807) is 0 Å². The summed E-state index contributed by atoms with van der Waals surface area (Å²) in [5.74, 6) is -1.02. The van der Waals surface area contributed by atoms with Gasteiger partial charge in [0.25, 0.3) is 0 Å². The third-order valence-corrected chi connectivity index (χ3v) is 5.56. The van der Waals surface area contributed by atoms with Crippen molar-refractivity contribution >= 4 is 27.3 Å². The molecule has 2 aromatic rings. The molecule has 0 saturated carbocycles. The zero-order valence-corrected chi connectivity index (χ0v) is 15.3. The van der Waals surface area contributed by atoms with Crippen molar-refractivity contribution in [3.05, 3.63) is 65.2 Å². The van der Waals surface area contributed by atoms with E-state index < -0.39 is 21.5 Å². The molecule has 2 aromatic carbocycles. The molecule has 0 fully saturated rings. The van der Waals surface area contributed by atoms with Crippen molar-refractivity contribution in [3.8, 4) is 0 Å². The van der Waals surface area contributed by atoms with E-state index in [2.05, 4.69) is 0 Å². The molecule has 0 aromatic heterocycles. The van der Waals surface area contributed by atoms with Crippen molar-refractivity contribution in [3.63, 3.8) is 0 Å². The van der Waals surface area contributed by atoms with Crippen LogP contribution in [0.5, 0.6) is 0 Å². The van der Waals surface area contributed by atoms with Gasteiger partial charge in [-0.1, -0.05) is 41.9 Å². The molecule has 7 heteroatoms. The summed E-state index contributed by atoms with van der Waals surface area (Å²) < 4.78 is 24.9. The Hall–Kier alpha value is -1.89. The van der Waals surface area contributed by atoms with E-state index in [0.29, 0.717) is 31.1 Å². The number of benzene rings is 2. The van der Waals surface area contributed by atoms with Crippen LogP contribution in [0.3, 0.4) is 0 Å². The topological polar surface area (TPSA) is 80.5 Å². The summed E-state index contributed by atoms with van der Waals surface area (Å²) in [4.78, 5) is 14.2. The molecule has 0 aliphatic carbocycles. The van der Waals surface area contributed by atoms with E-state index in [0.717, 1.165) is 5.56 Å². The number of sulfone groups is 1. The number of rotatable bonds is 8. The van der Waals surface area contributed by atoms with Gasteiger partial charge >= 0.3 is 0 Å². The Balaban J connectivity index is 2.13. The van der Waals surface area contributed by atoms with Gasteiger partial charge < -0.3 is 10.6 Å². The van der Waals surface area contributed by atoms with Gasteiger partial charge in [0, 0.05) is 18.1 Å². The maximum Gasteiger partial charge on any atom is 0.238 e. The Bertz CT molecular complexity index is 793. The number of carbonyl (C=O) groups is 1. The summed E-state index contributed by atoms with van der Waals surface area (Å²) in [7, 11) is -3.72. The molecule has 2 N–H and O–H groups in total. The Morgan fingerprint density at radius 2 is 1.68 bits per heavy atom. The second-order valence-corrected chi connectivity index (χ2v) is 8.08. The molecule has 5 nitrogen and oxygen atoms in total. The van der Waals surface area contributed by atoms with Gasteiger partial charge in [-0.15, -0.1) is 0 Å². The fourth-order valence-corrected chi connectivity index (χ4v) is 3.71. The predicted molar refractivity (Wildman–Crippen MR) is 99.0 cm³/mol. The van der Waals surface area contributed by atoms with Crippen LogP contribution < -0.4 is 5.73 Å². The normalized spacial score (nSPS) is 11.3. The fraction of sp³-hybridized carbons (Fsp3) is 0.278. The second-order valence-electron chi connectivity index (χ2n) is 5.66. The molecule has 2 rings (SSSR count). The summed E-state index contributed by atoms with van der Waals surface area (Å²) in [6.45, 7) is 1.21. The first-order chi connectivity index (χ1) is 11.9. The SMILES string of the molecule is NCCCN(Cc1ccccc1)C(=O)CS(=O)(=O)c1ccc(Cl)cc1. The summed E-state index contributed by atoms with van der Waals surface area (Å²) in [6.07, 6.45) is 0.611. The maximum absolute atomic E-state index is 12.6. The van der Waals surface area contributed by atoms with Crippen molar-refractivity contribution < 1.29 is 13.2 Å². The van der Waals surface area contributed by atoms with Crippen LogP contribution in [0.4, 0.5) is 0 Å². The van der Waals surface area contributed by atoms with E-state index in [1.807, 2.05) is 30.3 Å². The van der Waals surface area contributed by atoms with E-state index >= 15 is 0 Å². The molecular weight excluding hydrogens is 360 g/mol. The zero-order valence-electron chi connectivity index (χ0n) is 13.8. The van der Waals surface area contributed by atoms with Gasteiger partial charge in [0.1, 0.15) is 5.75 Å². The van der Waals surface area contributed by atoms with E-state index in [9.17, 15) is 13.2 Å². The van der Waals surface area contributed by atoms with Crippen molar-refractivity contribution in [2.24, 2.45) is 5.73 Å². The Morgan fingerprint density at radius 1 is 1.04 bits per heavy atom. The van der Waals surface area contributed by atoms with Crippen LogP contribution in [-0.4, -0.2) is 38.1 Å². The Labute approximate surface area is 153 Å². The first-order valence-corrected chi connectivity index (χ1v) is 9.95. The lowest BCUT2D eigenvalue weighted by Crippen LogP contribution is -2.36. The minimum atomic E-state index is -3.72. The van der Waals surface area contributed by atoms with Gasteiger partial charge in [-0.3, -0.25) is 4.79 Å². The van der Waals surface area contributed by atoms with Crippen molar-refractivity contribution in [2.45, 2.75) is 17.9 Å². The molecule has 0 radical (unpaired) electrons. The van der Waals surface area contributed by atoms with Crippen LogP contribution in [0.2, 0.25) is 5.02 Å². The molecule has 0 aliphatic rings. The standard InChI is InChI=1S/C18H21ClN2O3S/c19-16-7-9-17(10-8-16)25(23,24)14-18(22)21(12-4-11-20)13-15-5-2-1-3-6-15/h1-3,5-10H,4,11-14,20H2. The molecule has 0 saturated heterocycles. The predicted octanol–water partition coefficient (Wildman–Crippen LogP) is 2.49. The van der Waals surface area contributed by atoms with Crippen LogP contribution in [0.25, 0.3) is 0 Å². The first-order valence-electron chi connectivity index (χ1n) is 7.92. The van der Waals surface area contributed by atoms with E-state index in [1.165, 1.54) is 29.2 Å². The third kappa shape index (κ3) is 5.85. The van der Waals surface area contributed by atoms with Gasteiger partial charge in [-0.05, 0) is 42.8 Å². The quantitative estimate of drug-likeness (QED) is 0.762. The Morgan fingerprint density at radius 3 is 2.28 bits per heavy atom. The highest BCUT2D eigenvalue weighted by atomic mass is 35.5. The van der Waals surface area contributed by atoms with Crippen molar-refractivity contribution in [1.82, 2.24) is 4.90 Å². The third-order valence-electron chi connectivity index (χ3n) is 3.69. The fourth-order valence-electron chi connectivity index (χ4n) is 2.36. The maximum atomic E-state index is 12.6. The molecule has 0 heterocycles. The average molecular weight is 381 g/mol. The van der Waals surface area contributed by atoms with E-state index in [4.69, 9.17) is 17.3 Å². The highest BCUT2D eigenvalue weighted by molar-refractivity contribution is 7.92. The molecule has 1 amide bonds. The lowest BCUT2D eigenvalue weighted by atomic mass is 10.2. The molecule has 0 bridgehead atoms. The number of amides is 1. The zero-order chi connectivity index (χ0) is 18.3. The number of hydrogen-bond donors (Lipinski definition) is 1. The second kappa shape index (κ2) is 8.99. The summed E-state index contributed by atoms with van der Waals surface area (Å²) in [5.41, 5.74) is 6.48. The molecule has 0 spiro atoms. The van der Waals surface area contributed by atoms with Crippen LogP contribution in [0, 0.1) is 0 Å². The smallest absolute Gasteiger partial charge is 0.238 e.